The third-order valence-electron chi connectivity index (χ3n) is 6.43. The van der Waals surface area contributed by atoms with E-state index >= 15 is 0 Å². The maximum Gasteiger partial charge on any atom is 0.236 e. The Hall–Kier alpha value is -3.65. The van der Waals surface area contributed by atoms with Crippen LogP contribution in [0, 0.1) is 13.8 Å². The summed E-state index contributed by atoms with van der Waals surface area (Å²) in [4.78, 5) is 12.4. The predicted octanol–water partition coefficient (Wildman–Crippen LogP) is 3.65. The quantitative estimate of drug-likeness (QED) is 0.497. The number of nitrogen functional groups attached to an aromatic ring is 1. The summed E-state index contributed by atoms with van der Waals surface area (Å²) < 4.78 is 5.19. The van der Waals surface area contributed by atoms with Crippen molar-refractivity contribution in [2.45, 2.75) is 13.8 Å². The molecule has 1 aliphatic heterocycles. The van der Waals surface area contributed by atoms with Crippen molar-refractivity contribution in [3.63, 3.8) is 0 Å². The van der Waals surface area contributed by atoms with Crippen LogP contribution in [0.25, 0.3) is 33.4 Å². The van der Waals surface area contributed by atoms with E-state index in [1.165, 1.54) is 16.8 Å². The number of piperazine rings is 1. The Balaban J connectivity index is 1.53. The number of hydrogen-bond acceptors (Lipinski definition) is 7. The number of pyridine rings is 1. The van der Waals surface area contributed by atoms with Gasteiger partial charge in [-0.15, -0.1) is 10.2 Å². The SMILES string of the molecule is COc1ncc(-c2c[nH]c3nnc(-c4cc(C)c(N5CCN(C)CC5)c(C)c4)cc23)cc1N. The van der Waals surface area contributed by atoms with Gasteiger partial charge < -0.3 is 25.3 Å². The van der Waals surface area contributed by atoms with Crippen molar-refractivity contribution >= 4 is 22.4 Å². The molecule has 0 unspecified atom stereocenters. The van der Waals surface area contributed by atoms with E-state index in [0.717, 1.165) is 59.6 Å². The highest BCUT2D eigenvalue weighted by molar-refractivity contribution is 5.95. The Morgan fingerprint density at radius 2 is 1.70 bits per heavy atom. The molecule has 170 valence electrons. The zero-order chi connectivity index (χ0) is 23.1. The molecule has 4 aromatic rings. The molecule has 8 nitrogen and oxygen atoms in total. The standard InChI is InChI=1S/C25H29N7O/c1-15-9-17(10-16(2)23(15)32-7-5-31(3)6-8-32)22-12-19-20(14-27-24(19)30-29-22)18-11-21(26)25(33-4)28-13-18/h9-14H,5-8,26H2,1-4H3,(H,27,30). The van der Waals surface area contributed by atoms with Crippen LogP contribution in [-0.4, -0.2) is 65.4 Å². The largest absolute Gasteiger partial charge is 0.480 e. The summed E-state index contributed by atoms with van der Waals surface area (Å²) in [6, 6.07) is 8.39. The number of methoxy groups -OCH3 is 1. The van der Waals surface area contributed by atoms with E-state index in [2.05, 4.69) is 69.1 Å². The molecule has 0 aliphatic carbocycles. The van der Waals surface area contributed by atoms with Gasteiger partial charge in [0.15, 0.2) is 5.65 Å². The lowest BCUT2D eigenvalue weighted by Gasteiger charge is -2.36. The lowest BCUT2D eigenvalue weighted by atomic mass is 9.99. The second-order valence-corrected chi connectivity index (χ2v) is 8.77. The minimum Gasteiger partial charge on any atom is -0.480 e. The van der Waals surface area contributed by atoms with E-state index in [1.54, 1.807) is 13.3 Å². The van der Waals surface area contributed by atoms with Gasteiger partial charge in [-0.3, -0.25) is 0 Å². The van der Waals surface area contributed by atoms with Crippen LogP contribution in [-0.2, 0) is 0 Å². The van der Waals surface area contributed by atoms with Gasteiger partial charge in [0.2, 0.25) is 5.88 Å². The van der Waals surface area contributed by atoms with Gasteiger partial charge in [0.1, 0.15) is 0 Å². The van der Waals surface area contributed by atoms with E-state index in [9.17, 15) is 0 Å². The van der Waals surface area contributed by atoms with Crippen molar-refractivity contribution in [3.8, 4) is 28.3 Å². The second-order valence-electron chi connectivity index (χ2n) is 8.77. The Morgan fingerprint density at radius 3 is 2.36 bits per heavy atom. The van der Waals surface area contributed by atoms with Crippen LogP contribution >= 0.6 is 0 Å². The van der Waals surface area contributed by atoms with Crippen molar-refractivity contribution < 1.29 is 4.74 Å². The van der Waals surface area contributed by atoms with Gasteiger partial charge in [0, 0.05) is 66.3 Å². The molecule has 0 saturated carbocycles. The fourth-order valence-electron chi connectivity index (χ4n) is 4.72. The molecule has 0 spiro atoms. The number of nitrogens with zero attached hydrogens (tertiary/aromatic N) is 5. The summed E-state index contributed by atoms with van der Waals surface area (Å²) >= 11 is 0. The fraction of sp³-hybridized carbons (Fsp3) is 0.320. The number of aryl methyl sites for hydroxylation is 2. The molecule has 5 rings (SSSR count). The third kappa shape index (κ3) is 3.87. The predicted molar refractivity (Wildman–Crippen MR) is 133 cm³/mol. The molecule has 0 radical (unpaired) electrons. The Labute approximate surface area is 193 Å². The number of anilines is 2. The molecular formula is C25H29N7O. The van der Waals surface area contributed by atoms with Crippen LogP contribution < -0.4 is 15.4 Å². The monoisotopic (exact) mass is 443 g/mol. The average Bonchev–Trinajstić information content (AvgIpc) is 3.23. The van der Waals surface area contributed by atoms with E-state index in [-0.39, 0.29) is 0 Å². The number of aromatic amines is 1. The number of fused-ring (bicyclic) bond motifs is 1. The summed E-state index contributed by atoms with van der Waals surface area (Å²) in [5.41, 5.74) is 15.0. The molecule has 0 atom stereocenters. The summed E-state index contributed by atoms with van der Waals surface area (Å²) in [5.74, 6) is 0.422. The summed E-state index contributed by atoms with van der Waals surface area (Å²) in [6.07, 6.45) is 3.68. The molecule has 4 heterocycles. The highest BCUT2D eigenvalue weighted by Crippen LogP contribution is 2.34. The van der Waals surface area contributed by atoms with Crippen LogP contribution in [0.2, 0.25) is 0 Å². The zero-order valence-corrected chi connectivity index (χ0v) is 19.5. The minimum absolute atomic E-state index is 0.422. The Morgan fingerprint density at radius 1 is 0.970 bits per heavy atom. The van der Waals surface area contributed by atoms with Crippen molar-refractivity contribution in [3.05, 3.63) is 47.8 Å². The van der Waals surface area contributed by atoms with E-state index in [0.29, 0.717) is 11.6 Å². The second kappa shape index (κ2) is 8.37. The lowest BCUT2D eigenvalue weighted by molar-refractivity contribution is 0.312. The van der Waals surface area contributed by atoms with Crippen molar-refractivity contribution in [2.24, 2.45) is 0 Å². The number of hydrogen-bond donors (Lipinski definition) is 2. The average molecular weight is 444 g/mol. The first-order valence-corrected chi connectivity index (χ1v) is 11.1. The highest BCUT2D eigenvalue weighted by Gasteiger charge is 2.19. The molecule has 1 aliphatic rings. The van der Waals surface area contributed by atoms with Gasteiger partial charge in [0.05, 0.1) is 18.5 Å². The molecule has 1 saturated heterocycles. The summed E-state index contributed by atoms with van der Waals surface area (Å²) in [7, 11) is 3.74. The molecule has 8 heteroatoms. The first-order chi connectivity index (χ1) is 15.9. The first-order valence-electron chi connectivity index (χ1n) is 11.1. The maximum absolute atomic E-state index is 6.09. The highest BCUT2D eigenvalue weighted by atomic mass is 16.5. The van der Waals surface area contributed by atoms with Gasteiger partial charge in [-0.2, -0.15) is 0 Å². The van der Waals surface area contributed by atoms with Crippen LogP contribution in [0.1, 0.15) is 11.1 Å². The molecule has 1 fully saturated rings. The summed E-state index contributed by atoms with van der Waals surface area (Å²) in [5, 5.41) is 9.92. The molecule has 0 amide bonds. The van der Waals surface area contributed by atoms with E-state index in [1.807, 2.05) is 12.3 Å². The van der Waals surface area contributed by atoms with Crippen molar-refractivity contribution in [1.82, 2.24) is 25.1 Å². The number of rotatable bonds is 4. The normalized spacial score (nSPS) is 14.7. The number of nitrogens with two attached hydrogens (primary N) is 1. The number of H-pyrrole nitrogens is 1. The van der Waals surface area contributed by atoms with Gasteiger partial charge >= 0.3 is 0 Å². The van der Waals surface area contributed by atoms with E-state index < -0.39 is 0 Å². The number of likely N-dealkylation sites (N-methyl/N-ethyl adjacent to an activating group) is 1. The first kappa shape index (κ1) is 21.2. The van der Waals surface area contributed by atoms with Gasteiger partial charge in [0.25, 0.3) is 0 Å². The molecule has 1 aromatic carbocycles. The molecular weight excluding hydrogens is 414 g/mol. The van der Waals surface area contributed by atoms with Crippen molar-refractivity contribution in [2.75, 3.05) is 51.0 Å². The van der Waals surface area contributed by atoms with Crippen LogP contribution in [0.4, 0.5) is 11.4 Å². The lowest BCUT2D eigenvalue weighted by Crippen LogP contribution is -2.45. The number of nitrogens with one attached hydrogen (secondary N) is 1. The zero-order valence-electron chi connectivity index (χ0n) is 19.5. The maximum atomic E-state index is 6.09. The Kier molecular flexibility index (Phi) is 5.38. The fourth-order valence-corrected chi connectivity index (χ4v) is 4.72. The third-order valence-corrected chi connectivity index (χ3v) is 6.43. The number of aromatic nitrogens is 4. The van der Waals surface area contributed by atoms with E-state index in [4.69, 9.17) is 10.5 Å². The van der Waals surface area contributed by atoms with Crippen molar-refractivity contribution in [1.29, 1.82) is 0 Å². The minimum atomic E-state index is 0.422. The van der Waals surface area contributed by atoms with Crippen LogP contribution in [0.15, 0.2) is 36.7 Å². The van der Waals surface area contributed by atoms with Gasteiger partial charge in [-0.25, -0.2) is 4.98 Å². The molecule has 0 bridgehead atoms. The van der Waals surface area contributed by atoms with Gasteiger partial charge in [-0.1, -0.05) is 0 Å². The molecule has 3 aromatic heterocycles. The summed E-state index contributed by atoms with van der Waals surface area (Å²) in [6.45, 7) is 8.64. The molecule has 3 N–H and O–H groups in total. The Bertz CT molecular complexity index is 1300. The smallest absolute Gasteiger partial charge is 0.236 e. The number of benzene rings is 1. The van der Waals surface area contributed by atoms with Crippen LogP contribution in [0.5, 0.6) is 5.88 Å². The molecule has 33 heavy (non-hydrogen) atoms. The van der Waals surface area contributed by atoms with Gasteiger partial charge in [-0.05, 0) is 56.3 Å². The number of ether oxygens (including phenoxy) is 1. The topological polar surface area (TPSA) is 96.2 Å². The van der Waals surface area contributed by atoms with Crippen LogP contribution in [0.3, 0.4) is 0 Å².